The number of aromatic nitrogens is 2. The van der Waals surface area contributed by atoms with Gasteiger partial charge in [-0.1, -0.05) is 0 Å². The molecule has 7 heteroatoms. The van der Waals surface area contributed by atoms with E-state index in [4.69, 9.17) is 0 Å². The number of halogens is 1. The summed E-state index contributed by atoms with van der Waals surface area (Å²) in [6.07, 6.45) is 1.46. The van der Waals surface area contributed by atoms with E-state index in [9.17, 15) is 4.79 Å². The van der Waals surface area contributed by atoms with Crippen LogP contribution in [0.5, 0.6) is 0 Å². The SMILES string of the molecule is CNc1ncnc(N(C)CC(=O)N(C)C)c1Br. The number of nitrogens with one attached hydrogen (secondary N) is 1. The van der Waals surface area contributed by atoms with Crippen LogP contribution in [0.3, 0.4) is 0 Å². The van der Waals surface area contributed by atoms with Crippen LogP contribution in [-0.4, -0.2) is 55.5 Å². The van der Waals surface area contributed by atoms with Gasteiger partial charge >= 0.3 is 0 Å². The number of hydrogen-bond acceptors (Lipinski definition) is 5. The van der Waals surface area contributed by atoms with E-state index in [0.717, 1.165) is 4.47 Å². The predicted molar refractivity (Wildman–Crippen MR) is 71.2 cm³/mol. The fourth-order valence-corrected chi connectivity index (χ4v) is 1.93. The van der Waals surface area contributed by atoms with Crippen molar-refractivity contribution in [3.8, 4) is 0 Å². The number of amides is 1. The van der Waals surface area contributed by atoms with E-state index in [-0.39, 0.29) is 12.5 Å². The summed E-state index contributed by atoms with van der Waals surface area (Å²) >= 11 is 3.41. The summed E-state index contributed by atoms with van der Waals surface area (Å²) in [5, 5.41) is 2.95. The molecular formula is C10H16BrN5O. The standard InChI is InChI=1S/C10H16BrN5O/c1-12-9-8(11)10(14-6-13-9)16(4)5-7(17)15(2)3/h6H,5H2,1-4H3,(H,12,13,14). The lowest BCUT2D eigenvalue weighted by atomic mass is 10.4. The molecule has 0 saturated heterocycles. The van der Waals surface area contributed by atoms with E-state index in [1.54, 1.807) is 30.9 Å². The first-order valence-corrected chi connectivity index (χ1v) is 5.86. The van der Waals surface area contributed by atoms with Gasteiger partial charge in [-0.05, 0) is 15.9 Å². The molecule has 0 radical (unpaired) electrons. The maximum atomic E-state index is 11.6. The molecule has 0 unspecified atom stereocenters. The van der Waals surface area contributed by atoms with E-state index >= 15 is 0 Å². The molecule has 1 aromatic rings. The van der Waals surface area contributed by atoms with Gasteiger partial charge in [0.15, 0.2) is 0 Å². The van der Waals surface area contributed by atoms with Gasteiger partial charge in [0.1, 0.15) is 22.4 Å². The second kappa shape index (κ2) is 5.81. The lowest BCUT2D eigenvalue weighted by molar-refractivity contribution is -0.127. The van der Waals surface area contributed by atoms with Gasteiger partial charge in [0.05, 0.1) is 6.54 Å². The van der Waals surface area contributed by atoms with Gasteiger partial charge in [0.25, 0.3) is 0 Å². The Labute approximate surface area is 109 Å². The highest BCUT2D eigenvalue weighted by Crippen LogP contribution is 2.28. The molecule has 0 bridgehead atoms. The summed E-state index contributed by atoms with van der Waals surface area (Å²) < 4.78 is 0.747. The quantitative estimate of drug-likeness (QED) is 0.891. The van der Waals surface area contributed by atoms with Crippen molar-refractivity contribution in [1.82, 2.24) is 14.9 Å². The van der Waals surface area contributed by atoms with Gasteiger partial charge in [0.2, 0.25) is 5.91 Å². The monoisotopic (exact) mass is 301 g/mol. The summed E-state index contributed by atoms with van der Waals surface area (Å²) in [7, 11) is 7.05. The van der Waals surface area contributed by atoms with Crippen LogP contribution in [0.2, 0.25) is 0 Å². The van der Waals surface area contributed by atoms with E-state index in [1.165, 1.54) is 6.33 Å². The second-order valence-electron chi connectivity index (χ2n) is 3.75. The molecule has 1 aromatic heterocycles. The Morgan fingerprint density at radius 2 is 2.06 bits per heavy atom. The predicted octanol–water partition coefficient (Wildman–Crippen LogP) is 0.805. The Morgan fingerprint density at radius 3 is 2.59 bits per heavy atom. The lowest BCUT2D eigenvalue weighted by Crippen LogP contribution is -2.35. The first-order valence-electron chi connectivity index (χ1n) is 5.07. The lowest BCUT2D eigenvalue weighted by Gasteiger charge is -2.21. The Morgan fingerprint density at radius 1 is 1.41 bits per heavy atom. The average molecular weight is 302 g/mol. The maximum absolute atomic E-state index is 11.6. The summed E-state index contributed by atoms with van der Waals surface area (Å²) in [5.74, 6) is 1.39. The second-order valence-corrected chi connectivity index (χ2v) is 4.55. The molecule has 17 heavy (non-hydrogen) atoms. The molecule has 0 aliphatic rings. The minimum Gasteiger partial charge on any atom is -0.372 e. The first kappa shape index (κ1) is 13.7. The number of likely N-dealkylation sites (N-methyl/N-ethyl adjacent to an activating group) is 2. The third kappa shape index (κ3) is 3.29. The number of anilines is 2. The Balaban J connectivity index is 2.89. The van der Waals surface area contributed by atoms with Crippen molar-refractivity contribution in [3.63, 3.8) is 0 Å². The largest absolute Gasteiger partial charge is 0.372 e. The van der Waals surface area contributed by atoms with E-state index in [1.807, 2.05) is 7.05 Å². The van der Waals surface area contributed by atoms with Crippen molar-refractivity contribution in [3.05, 3.63) is 10.8 Å². The average Bonchev–Trinajstić information content (AvgIpc) is 2.28. The zero-order chi connectivity index (χ0) is 13.0. The van der Waals surface area contributed by atoms with Crippen molar-refractivity contribution < 1.29 is 4.79 Å². The molecule has 0 aliphatic carbocycles. The van der Waals surface area contributed by atoms with Crippen molar-refractivity contribution in [2.75, 3.05) is 45.0 Å². The molecule has 1 N–H and O–H groups in total. The van der Waals surface area contributed by atoms with E-state index in [0.29, 0.717) is 11.6 Å². The van der Waals surface area contributed by atoms with E-state index < -0.39 is 0 Å². The zero-order valence-electron chi connectivity index (χ0n) is 10.4. The Bertz CT molecular complexity index is 410. The fraction of sp³-hybridized carbons (Fsp3) is 0.500. The van der Waals surface area contributed by atoms with Gasteiger partial charge in [-0.15, -0.1) is 0 Å². The third-order valence-electron chi connectivity index (χ3n) is 2.24. The van der Waals surface area contributed by atoms with Crippen LogP contribution in [0.1, 0.15) is 0 Å². The van der Waals surface area contributed by atoms with Gasteiger partial charge in [-0.25, -0.2) is 9.97 Å². The molecule has 0 atom stereocenters. The molecule has 94 valence electrons. The number of hydrogen-bond donors (Lipinski definition) is 1. The van der Waals surface area contributed by atoms with Gasteiger partial charge in [-0.2, -0.15) is 0 Å². The normalized spacial score (nSPS) is 9.94. The summed E-state index contributed by atoms with van der Waals surface area (Å²) in [4.78, 5) is 23.1. The first-order chi connectivity index (χ1) is 7.97. The van der Waals surface area contributed by atoms with E-state index in [2.05, 4.69) is 31.2 Å². The minimum atomic E-state index is 0.0176. The molecule has 0 fully saturated rings. The molecule has 1 heterocycles. The molecule has 0 aliphatic heterocycles. The summed E-state index contributed by atoms with van der Waals surface area (Å²) in [6.45, 7) is 0.270. The Hall–Kier alpha value is -1.37. The fourth-order valence-electron chi connectivity index (χ4n) is 1.22. The van der Waals surface area contributed by atoms with Crippen molar-refractivity contribution in [2.24, 2.45) is 0 Å². The van der Waals surface area contributed by atoms with Crippen LogP contribution < -0.4 is 10.2 Å². The van der Waals surface area contributed by atoms with Crippen LogP contribution in [0.25, 0.3) is 0 Å². The highest BCUT2D eigenvalue weighted by molar-refractivity contribution is 9.10. The zero-order valence-corrected chi connectivity index (χ0v) is 11.9. The molecule has 0 spiro atoms. The highest BCUT2D eigenvalue weighted by atomic mass is 79.9. The molecule has 1 amide bonds. The number of rotatable bonds is 4. The molecule has 6 nitrogen and oxygen atoms in total. The Kier molecular flexibility index (Phi) is 4.68. The van der Waals surface area contributed by atoms with Crippen molar-refractivity contribution in [1.29, 1.82) is 0 Å². The third-order valence-corrected chi connectivity index (χ3v) is 2.97. The van der Waals surface area contributed by atoms with Crippen LogP contribution in [0.15, 0.2) is 10.8 Å². The topological polar surface area (TPSA) is 61.4 Å². The molecule has 0 saturated carbocycles. The molecule has 0 aromatic carbocycles. The van der Waals surface area contributed by atoms with Gasteiger partial charge in [0, 0.05) is 28.2 Å². The smallest absolute Gasteiger partial charge is 0.241 e. The summed E-state index contributed by atoms with van der Waals surface area (Å²) in [5.41, 5.74) is 0. The minimum absolute atomic E-state index is 0.0176. The number of nitrogens with zero attached hydrogens (tertiary/aromatic N) is 4. The molecule has 1 rings (SSSR count). The van der Waals surface area contributed by atoms with Crippen molar-refractivity contribution in [2.45, 2.75) is 0 Å². The van der Waals surface area contributed by atoms with Crippen LogP contribution in [0, 0.1) is 0 Å². The van der Waals surface area contributed by atoms with Gasteiger partial charge in [-0.3, -0.25) is 4.79 Å². The van der Waals surface area contributed by atoms with Crippen molar-refractivity contribution >= 4 is 33.5 Å². The van der Waals surface area contributed by atoms with Crippen LogP contribution in [-0.2, 0) is 4.79 Å². The number of carbonyl (C=O) groups excluding carboxylic acids is 1. The highest BCUT2D eigenvalue weighted by Gasteiger charge is 2.15. The summed E-state index contributed by atoms with van der Waals surface area (Å²) in [6, 6.07) is 0. The molecular weight excluding hydrogens is 286 g/mol. The number of carbonyl (C=O) groups is 1. The van der Waals surface area contributed by atoms with Crippen LogP contribution in [0.4, 0.5) is 11.6 Å². The van der Waals surface area contributed by atoms with Crippen LogP contribution >= 0.6 is 15.9 Å². The van der Waals surface area contributed by atoms with Gasteiger partial charge < -0.3 is 15.1 Å². The maximum Gasteiger partial charge on any atom is 0.241 e.